The van der Waals surface area contributed by atoms with Gasteiger partial charge in [-0.2, -0.15) is 0 Å². The van der Waals surface area contributed by atoms with Crippen LogP contribution >= 0.6 is 23.2 Å². The summed E-state index contributed by atoms with van der Waals surface area (Å²) in [5, 5.41) is 3.85. The van der Waals surface area contributed by atoms with E-state index in [2.05, 4.69) is 5.32 Å². The van der Waals surface area contributed by atoms with Gasteiger partial charge < -0.3 is 5.32 Å². The lowest BCUT2D eigenvalue weighted by molar-refractivity contribution is 0.607. The Morgan fingerprint density at radius 2 is 2.14 bits per heavy atom. The van der Waals surface area contributed by atoms with Gasteiger partial charge in [-0.25, -0.2) is 4.39 Å². The van der Waals surface area contributed by atoms with Crippen LogP contribution in [0.25, 0.3) is 0 Å². The third kappa shape index (κ3) is 1.88. The van der Waals surface area contributed by atoms with Gasteiger partial charge in [0, 0.05) is 11.1 Å². The average molecular weight is 234 g/mol. The van der Waals surface area contributed by atoms with Crippen LogP contribution in [0.1, 0.15) is 24.4 Å². The van der Waals surface area contributed by atoms with Gasteiger partial charge in [-0.1, -0.05) is 23.2 Å². The number of nitrogens with one attached hydrogen (secondary N) is 1. The Morgan fingerprint density at radius 1 is 1.36 bits per heavy atom. The van der Waals surface area contributed by atoms with Crippen LogP contribution in [0.2, 0.25) is 10.0 Å². The van der Waals surface area contributed by atoms with E-state index in [9.17, 15) is 4.39 Å². The predicted molar refractivity (Wildman–Crippen MR) is 56.4 cm³/mol. The van der Waals surface area contributed by atoms with E-state index in [1.54, 1.807) is 6.07 Å². The fraction of sp³-hybridized carbons (Fsp3) is 0.400. The van der Waals surface area contributed by atoms with Gasteiger partial charge in [0.1, 0.15) is 5.82 Å². The summed E-state index contributed by atoms with van der Waals surface area (Å²) in [5.74, 6) is -0.442. The van der Waals surface area contributed by atoms with E-state index >= 15 is 0 Å². The Hall–Kier alpha value is -0.310. The maximum Gasteiger partial charge on any atom is 0.143 e. The summed E-state index contributed by atoms with van der Waals surface area (Å²) in [5.41, 5.74) is 0.772. The summed E-state index contributed by atoms with van der Waals surface area (Å²) >= 11 is 11.6. The molecule has 1 nitrogen and oxygen atoms in total. The molecule has 4 heteroatoms. The monoisotopic (exact) mass is 233 g/mol. The van der Waals surface area contributed by atoms with Crippen molar-refractivity contribution in [3.8, 4) is 0 Å². The lowest BCUT2D eigenvalue weighted by Gasteiger charge is -2.13. The topological polar surface area (TPSA) is 12.0 Å². The van der Waals surface area contributed by atoms with Crippen LogP contribution in [0.4, 0.5) is 4.39 Å². The molecule has 0 amide bonds. The third-order valence-electron chi connectivity index (χ3n) is 2.46. The zero-order chi connectivity index (χ0) is 10.1. The number of hydrogen-bond acceptors (Lipinski definition) is 1. The van der Waals surface area contributed by atoms with Gasteiger partial charge in [-0.05, 0) is 37.1 Å². The number of rotatable bonds is 1. The Kier molecular flexibility index (Phi) is 2.96. The number of benzene rings is 1. The van der Waals surface area contributed by atoms with E-state index in [-0.39, 0.29) is 11.1 Å². The second kappa shape index (κ2) is 4.05. The molecule has 1 aliphatic rings. The van der Waals surface area contributed by atoms with E-state index in [4.69, 9.17) is 23.2 Å². The molecule has 0 radical (unpaired) electrons. The minimum atomic E-state index is -0.442. The molecule has 1 saturated heterocycles. The molecule has 76 valence electrons. The van der Waals surface area contributed by atoms with Crippen molar-refractivity contribution in [2.24, 2.45) is 0 Å². The summed E-state index contributed by atoms with van der Waals surface area (Å²) in [6.07, 6.45) is 2.08. The van der Waals surface area contributed by atoms with Gasteiger partial charge in [-0.15, -0.1) is 0 Å². The Morgan fingerprint density at radius 3 is 2.79 bits per heavy atom. The molecule has 1 fully saturated rings. The van der Waals surface area contributed by atoms with Gasteiger partial charge in [0.15, 0.2) is 0 Å². The first-order chi connectivity index (χ1) is 6.68. The van der Waals surface area contributed by atoms with Gasteiger partial charge in [0.05, 0.1) is 5.02 Å². The largest absolute Gasteiger partial charge is 0.310 e. The zero-order valence-corrected chi connectivity index (χ0v) is 9.00. The molecule has 1 N–H and O–H groups in total. The number of hydrogen-bond donors (Lipinski definition) is 1. The van der Waals surface area contributed by atoms with Gasteiger partial charge in [0.2, 0.25) is 0 Å². The van der Waals surface area contributed by atoms with Crippen molar-refractivity contribution in [3.05, 3.63) is 33.6 Å². The molecule has 1 atom stereocenters. The smallest absolute Gasteiger partial charge is 0.143 e. The van der Waals surface area contributed by atoms with Gasteiger partial charge in [-0.3, -0.25) is 0 Å². The Bertz CT molecular complexity index is 348. The first-order valence-electron chi connectivity index (χ1n) is 4.56. The van der Waals surface area contributed by atoms with Crippen LogP contribution in [-0.2, 0) is 0 Å². The fourth-order valence-corrected chi connectivity index (χ4v) is 2.23. The van der Waals surface area contributed by atoms with Gasteiger partial charge in [0.25, 0.3) is 0 Å². The van der Waals surface area contributed by atoms with Crippen LogP contribution in [0.5, 0.6) is 0 Å². The van der Waals surface area contributed by atoms with Crippen molar-refractivity contribution in [1.82, 2.24) is 5.32 Å². The van der Waals surface area contributed by atoms with Crippen molar-refractivity contribution in [1.29, 1.82) is 0 Å². The molecular weight excluding hydrogens is 224 g/mol. The molecule has 1 aliphatic heterocycles. The summed E-state index contributed by atoms with van der Waals surface area (Å²) < 4.78 is 13.2. The van der Waals surface area contributed by atoms with Crippen molar-refractivity contribution < 1.29 is 4.39 Å². The lowest BCUT2D eigenvalue weighted by Crippen LogP contribution is -2.13. The highest BCUT2D eigenvalue weighted by molar-refractivity contribution is 6.33. The second-order valence-corrected chi connectivity index (χ2v) is 4.25. The zero-order valence-electron chi connectivity index (χ0n) is 7.49. The standard InChI is InChI=1S/C10H10Cl2FN/c11-6-4-7(9-2-1-3-14-9)10(12)8(13)5-6/h4-5,9,14H,1-3H2/t9-/m1/s1. The maximum absolute atomic E-state index is 13.2. The minimum absolute atomic E-state index is 0.149. The summed E-state index contributed by atoms with van der Waals surface area (Å²) in [7, 11) is 0. The molecule has 0 saturated carbocycles. The van der Waals surface area contributed by atoms with Crippen molar-refractivity contribution in [2.75, 3.05) is 6.54 Å². The average Bonchev–Trinajstić information content (AvgIpc) is 2.63. The van der Waals surface area contributed by atoms with E-state index in [0.717, 1.165) is 24.9 Å². The molecule has 1 aromatic carbocycles. The molecule has 2 rings (SSSR count). The van der Waals surface area contributed by atoms with Crippen LogP contribution in [0.3, 0.4) is 0 Å². The summed E-state index contributed by atoms with van der Waals surface area (Å²) in [6.45, 7) is 0.953. The molecule has 0 spiro atoms. The van der Waals surface area contributed by atoms with E-state index in [1.165, 1.54) is 6.07 Å². The SMILES string of the molecule is Fc1cc(Cl)cc([C@H]2CCCN2)c1Cl. The summed E-state index contributed by atoms with van der Waals surface area (Å²) in [4.78, 5) is 0. The van der Waals surface area contributed by atoms with E-state index in [0.29, 0.717) is 5.02 Å². The van der Waals surface area contributed by atoms with Crippen molar-refractivity contribution in [3.63, 3.8) is 0 Å². The Balaban J connectivity index is 2.40. The normalized spacial score (nSPS) is 21.5. The molecule has 1 aromatic rings. The quantitative estimate of drug-likeness (QED) is 0.732. The summed E-state index contributed by atoms with van der Waals surface area (Å²) in [6, 6.07) is 3.12. The Labute approximate surface area is 92.2 Å². The van der Waals surface area contributed by atoms with E-state index < -0.39 is 5.82 Å². The van der Waals surface area contributed by atoms with Gasteiger partial charge >= 0.3 is 0 Å². The highest BCUT2D eigenvalue weighted by atomic mass is 35.5. The first kappa shape index (κ1) is 10.2. The highest BCUT2D eigenvalue weighted by Gasteiger charge is 2.20. The predicted octanol–water partition coefficient (Wildman–Crippen LogP) is 3.56. The van der Waals surface area contributed by atoms with Crippen LogP contribution in [0.15, 0.2) is 12.1 Å². The van der Waals surface area contributed by atoms with Crippen LogP contribution in [-0.4, -0.2) is 6.54 Å². The van der Waals surface area contributed by atoms with Crippen LogP contribution < -0.4 is 5.32 Å². The third-order valence-corrected chi connectivity index (χ3v) is 3.07. The lowest BCUT2D eigenvalue weighted by atomic mass is 10.1. The molecule has 0 aliphatic carbocycles. The van der Waals surface area contributed by atoms with Crippen molar-refractivity contribution >= 4 is 23.2 Å². The maximum atomic E-state index is 13.2. The van der Waals surface area contributed by atoms with E-state index in [1.807, 2.05) is 0 Å². The van der Waals surface area contributed by atoms with Crippen molar-refractivity contribution in [2.45, 2.75) is 18.9 Å². The highest BCUT2D eigenvalue weighted by Crippen LogP contribution is 2.33. The molecular formula is C10H10Cl2FN. The van der Waals surface area contributed by atoms with Crippen LogP contribution in [0, 0.1) is 5.82 Å². The molecule has 0 unspecified atom stereocenters. The second-order valence-electron chi connectivity index (χ2n) is 3.44. The first-order valence-corrected chi connectivity index (χ1v) is 5.32. The minimum Gasteiger partial charge on any atom is -0.310 e. The number of halogens is 3. The molecule has 1 heterocycles. The fourth-order valence-electron chi connectivity index (χ4n) is 1.78. The molecule has 14 heavy (non-hydrogen) atoms. The molecule has 0 bridgehead atoms. The molecule has 0 aromatic heterocycles.